The molecular weight excluding hydrogens is 268 g/mol. The average Bonchev–Trinajstić information content (AvgIpc) is 2.84. The van der Waals surface area contributed by atoms with Gasteiger partial charge in [0.25, 0.3) is 6.43 Å². The van der Waals surface area contributed by atoms with Crippen LogP contribution < -0.4 is 4.74 Å². The van der Waals surface area contributed by atoms with Gasteiger partial charge in [-0.15, -0.1) is 0 Å². The van der Waals surface area contributed by atoms with Crippen LogP contribution in [0.3, 0.4) is 0 Å². The molecule has 2 atom stereocenters. The fourth-order valence-corrected chi connectivity index (χ4v) is 2.21. The van der Waals surface area contributed by atoms with Gasteiger partial charge in [-0.25, -0.2) is 8.78 Å². The van der Waals surface area contributed by atoms with Crippen LogP contribution in [0.2, 0.25) is 0 Å². The maximum Gasteiger partial charge on any atom is 0.272 e. The van der Waals surface area contributed by atoms with E-state index in [1.54, 1.807) is 12.1 Å². The molecule has 0 saturated carbocycles. The van der Waals surface area contributed by atoms with Crippen molar-refractivity contribution in [2.45, 2.75) is 25.1 Å². The van der Waals surface area contributed by atoms with E-state index in [9.17, 15) is 13.9 Å². The number of aliphatic hydroxyl groups excluding tert-OH is 1. The Labute approximate surface area is 116 Å². The van der Waals surface area contributed by atoms with Gasteiger partial charge in [0.1, 0.15) is 12.4 Å². The van der Waals surface area contributed by atoms with Crippen molar-refractivity contribution in [3.05, 3.63) is 29.8 Å². The second kappa shape index (κ2) is 6.97. The highest BCUT2D eigenvalue weighted by Crippen LogP contribution is 2.17. The SMILES string of the molecule is CN(Cc1ccc(OCC(F)F)cc1)[C@@H]1COC[C@H]1O. The fourth-order valence-electron chi connectivity index (χ4n) is 2.21. The Morgan fingerprint density at radius 3 is 2.60 bits per heavy atom. The first-order chi connectivity index (χ1) is 9.56. The highest BCUT2D eigenvalue weighted by Gasteiger charge is 2.29. The van der Waals surface area contributed by atoms with Crippen molar-refractivity contribution < 1.29 is 23.4 Å². The topological polar surface area (TPSA) is 41.9 Å². The van der Waals surface area contributed by atoms with Crippen LogP contribution >= 0.6 is 0 Å². The molecular formula is C14H19F2NO3. The summed E-state index contributed by atoms with van der Waals surface area (Å²) in [6.07, 6.45) is -2.93. The molecule has 1 heterocycles. The predicted molar refractivity (Wildman–Crippen MR) is 70.0 cm³/mol. The third-order valence-electron chi connectivity index (χ3n) is 3.32. The molecule has 1 aromatic rings. The molecule has 0 bridgehead atoms. The Bertz CT molecular complexity index is 413. The van der Waals surface area contributed by atoms with Crippen molar-refractivity contribution in [2.75, 3.05) is 26.9 Å². The van der Waals surface area contributed by atoms with Crippen LogP contribution in [0.5, 0.6) is 5.75 Å². The number of benzene rings is 1. The summed E-state index contributed by atoms with van der Waals surface area (Å²) >= 11 is 0. The van der Waals surface area contributed by atoms with Gasteiger partial charge in [0, 0.05) is 6.54 Å². The number of nitrogens with zero attached hydrogens (tertiary/aromatic N) is 1. The monoisotopic (exact) mass is 287 g/mol. The molecule has 112 valence electrons. The normalized spacial score (nSPS) is 22.7. The van der Waals surface area contributed by atoms with Gasteiger partial charge in [-0.05, 0) is 24.7 Å². The number of hydrogen-bond donors (Lipinski definition) is 1. The second-order valence-electron chi connectivity index (χ2n) is 4.93. The second-order valence-corrected chi connectivity index (χ2v) is 4.93. The van der Waals surface area contributed by atoms with Gasteiger partial charge in [0.05, 0.1) is 25.4 Å². The zero-order chi connectivity index (χ0) is 14.5. The van der Waals surface area contributed by atoms with Crippen LogP contribution in [-0.4, -0.2) is 55.4 Å². The quantitative estimate of drug-likeness (QED) is 0.861. The number of halogens is 2. The van der Waals surface area contributed by atoms with E-state index in [0.717, 1.165) is 5.56 Å². The van der Waals surface area contributed by atoms with E-state index in [4.69, 9.17) is 9.47 Å². The van der Waals surface area contributed by atoms with E-state index in [0.29, 0.717) is 25.5 Å². The number of ether oxygens (including phenoxy) is 2. The minimum atomic E-state index is -2.47. The summed E-state index contributed by atoms with van der Waals surface area (Å²) in [5.74, 6) is 0.431. The Morgan fingerprint density at radius 2 is 2.05 bits per heavy atom. The molecule has 0 unspecified atom stereocenters. The lowest BCUT2D eigenvalue weighted by molar-refractivity contribution is 0.0818. The molecule has 1 aromatic carbocycles. The molecule has 0 radical (unpaired) electrons. The van der Waals surface area contributed by atoms with Crippen molar-refractivity contribution in [2.24, 2.45) is 0 Å². The lowest BCUT2D eigenvalue weighted by Gasteiger charge is -2.25. The highest BCUT2D eigenvalue weighted by atomic mass is 19.3. The summed E-state index contributed by atoms with van der Waals surface area (Å²) in [7, 11) is 1.92. The summed E-state index contributed by atoms with van der Waals surface area (Å²) in [6.45, 7) is 0.952. The molecule has 1 aliphatic heterocycles. The molecule has 0 aliphatic carbocycles. The maximum absolute atomic E-state index is 12.0. The van der Waals surface area contributed by atoms with Crippen LogP contribution in [0.25, 0.3) is 0 Å². The zero-order valence-electron chi connectivity index (χ0n) is 11.3. The minimum absolute atomic E-state index is 0.00948. The average molecular weight is 287 g/mol. The number of alkyl halides is 2. The summed E-state index contributed by atoms with van der Waals surface area (Å²) in [6, 6.07) is 7.00. The Morgan fingerprint density at radius 1 is 1.35 bits per heavy atom. The number of rotatable bonds is 6. The van der Waals surface area contributed by atoms with E-state index in [1.165, 1.54) is 0 Å². The predicted octanol–water partition coefficient (Wildman–Crippen LogP) is 1.52. The standard InChI is InChI=1S/C14H19F2NO3/c1-17(12-7-19-8-13(12)18)6-10-2-4-11(5-3-10)20-9-14(15)16/h2-5,12-14,18H,6-9H2,1H3/t12-,13-/m1/s1. The van der Waals surface area contributed by atoms with E-state index in [-0.39, 0.29) is 6.04 Å². The van der Waals surface area contributed by atoms with Crippen molar-refractivity contribution >= 4 is 0 Å². The molecule has 1 aliphatic rings. The first-order valence-electron chi connectivity index (χ1n) is 6.52. The molecule has 6 heteroatoms. The van der Waals surface area contributed by atoms with Gasteiger partial charge in [-0.3, -0.25) is 4.90 Å². The smallest absolute Gasteiger partial charge is 0.272 e. The fraction of sp³-hybridized carbons (Fsp3) is 0.571. The van der Waals surface area contributed by atoms with Gasteiger partial charge in [-0.1, -0.05) is 12.1 Å². The molecule has 4 nitrogen and oxygen atoms in total. The van der Waals surface area contributed by atoms with E-state index in [1.807, 2.05) is 24.1 Å². The lowest BCUT2D eigenvalue weighted by atomic mass is 10.1. The van der Waals surface area contributed by atoms with Gasteiger partial charge < -0.3 is 14.6 Å². The van der Waals surface area contributed by atoms with E-state index >= 15 is 0 Å². The number of likely N-dealkylation sites (N-methyl/N-ethyl adjacent to an activating group) is 1. The van der Waals surface area contributed by atoms with Crippen molar-refractivity contribution in [1.29, 1.82) is 0 Å². The summed E-state index contributed by atoms with van der Waals surface area (Å²) in [5.41, 5.74) is 1.02. The molecule has 2 rings (SSSR count). The van der Waals surface area contributed by atoms with Crippen LogP contribution in [0.1, 0.15) is 5.56 Å². The third kappa shape index (κ3) is 4.13. The number of aliphatic hydroxyl groups is 1. The summed E-state index contributed by atoms with van der Waals surface area (Å²) in [5, 5.41) is 9.75. The largest absolute Gasteiger partial charge is 0.488 e. The van der Waals surface area contributed by atoms with Crippen molar-refractivity contribution in [1.82, 2.24) is 4.90 Å². The molecule has 0 amide bonds. The number of hydrogen-bond acceptors (Lipinski definition) is 4. The molecule has 1 fully saturated rings. The van der Waals surface area contributed by atoms with Gasteiger partial charge in [0.15, 0.2) is 0 Å². The summed E-state index contributed by atoms with van der Waals surface area (Å²) < 4.78 is 34.2. The Kier molecular flexibility index (Phi) is 5.28. The van der Waals surface area contributed by atoms with Crippen molar-refractivity contribution in [3.63, 3.8) is 0 Å². The third-order valence-corrected chi connectivity index (χ3v) is 3.32. The Hall–Kier alpha value is -1.24. The van der Waals surface area contributed by atoms with E-state index in [2.05, 4.69) is 0 Å². The van der Waals surface area contributed by atoms with Gasteiger partial charge >= 0.3 is 0 Å². The lowest BCUT2D eigenvalue weighted by Crippen LogP contribution is -2.39. The maximum atomic E-state index is 12.0. The minimum Gasteiger partial charge on any atom is -0.488 e. The van der Waals surface area contributed by atoms with Gasteiger partial charge in [0.2, 0.25) is 0 Å². The van der Waals surface area contributed by atoms with Crippen LogP contribution in [-0.2, 0) is 11.3 Å². The Balaban J connectivity index is 1.86. The first-order valence-corrected chi connectivity index (χ1v) is 6.52. The highest BCUT2D eigenvalue weighted by molar-refractivity contribution is 5.27. The van der Waals surface area contributed by atoms with Crippen LogP contribution in [0.4, 0.5) is 8.78 Å². The molecule has 1 saturated heterocycles. The molecule has 0 spiro atoms. The van der Waals surface area contributed by atoms with Gasteiger partial charge in [-0.2, -0.15) is 0 Å². The van der Waals surface area contributed by atoms with Crippen LogP contribution in [0.15, 0.2) is 24.3 Å². The zero-order valence-corrected chi connectivity index (χ0v) is 11.3. The summed E-state index contributed by atoms with van der Waals surface area (Å²) in [4.78, 5) is 2.02. The first kappa shape index (κ1) is 15.2. The molecule has 20 heavy (non-hydrogen) atoms. The molecule has 1 N–H and O–H groups in total. The van der Waals surface area contributed by atoms with Crippen molar-refractivity contribution in [3.8, 4) is 5.75 Å². The van der Waals surface area contributed by atoms with E-state index < -0.39 is 19.1 Å². The molecule has 0 aromatic heterocycles. The van der Waals surface area contributed by atoms with Crippen LogP contribution in [0, 0.1) is 0 Å².